The van der Waals surface area contributed by atoms with Gasteiger partial charge in [0.2, 0.25) is 0 Å². The summed E-state index contributed by atoms with van der Waals surface area (Å²) < 4.78 is 5.06. The minimum atomic E-state index is 0.0632. The largest absolute Gasteiger partial charge is 0.472 e. The van der Waals surface area contributed by atoms with Gasteiger partial charge in [0.1, 0.15) is 11.9 Å². The SMILES string of the molecule is COCCCNc1cc(-c2sc(C(N)=NC=[N-])c(-c3ccc(Cl)cc3Cl)c2C#N)ccn1. The summed E-state index contributed by atoms with van der Waals surface area (Å²) in [5.74, 6) is 0.738. The van der Waals surface area contributed by atoms with Crippen molar-refractivity contribution in [3.63, 3.8) is 0 Å². The van der Waals surface area contributed by atoms with E-state index in [1.165, 1.54) is 11.3 Å². The number of nitrogens with one attached hydrogen (secondary N) is 1. The summed E-state index contributed by atoms with van der Waals surface area (Å²) in [7, 11) is 1.66. The van der Waals surface area contributed by atoms with E-state index < -0.39 is 0 Å². The molecule has 0 amide bonds. The molecule has 0 saturated heterocycles. The number of ether oxygens (including phenoxy) is 1. The molecule has 1 aromatic carbocycles. The molecule has 32 heavy (non-hydrogen) atoms. The van der Waals surface area contributed by atoms with Gasteiger partial charge in [-0.3, -0.25) is 0 Å². The molecule has 2 aromatic heterocycles. The molecule has 0 fully saturated rings. The average molecular weight is 486 g/mol. The first-order chi connectivity index (χ1) is 15.5. The van der Waals surface area contributed by atoms with Crippen LogP contribution in [-0.4, -0.2) is 37.4 Å². The Morgan fingerprint density at radius 2 is 2.19 bits per heavy atom. The summed E-state index contributed by atoms with van der Waals surface area (Å²) in [6.45, 7) is 1.34. The van der Waals surface area contributed by atoms with Crippen LogP contribution in [0.1, 0.15) is 16.9 Å². The number of pyridine rings is 1. The Hall–Kier alpha value is -2.96. The van der Waals surface area contributed by atoms with Crippen LogP contribution in [0, 0.1) is 11.3 Å². The van der Waals surface area contributed by atoms with Gasteiger partial charge in [-0.05, 0) is 36.2 Å². The number of amidine groups is 1. The molecule has 0 bridgehead atoms. The van der Waals surface area contributed by atoms with Crippen molar-refractivity contribution in [3.05, 3.63) is 62.4 Å². The van der Waals surface area contributed by atoms with Crippen molar-refractivity contribution in [2.75, 3.05) is 25.6 Å². The van der Waals surface area contributed by atoms with Crippen molar-refractivity contribution < 1.29 is 4.74 Å². The zero-order valence-corrected chi connectivity index (χ0v) is 19.4. The lowest BCUT2D eigenvalue weighted by molar-refractivity contribution is 0.198. The van der Waals surface area contributed by atoms with Crippen LogP contribution in [0.5, 0.6) is 0 Å². The molecule has 0 aliphatic carbocycles. The molecule has 3 aromatic rings. The zero-order chi connectivity index (χ0) is 23.1. The normalized spacial score (nSPS) is 11.2. The van der Waals surface area contributed by atoms with Crippen LogP contribution in [0.3, 0.4) is 0 Å². The van der Waals surface area contributed by atoms with Gasteiger partial charge >= 0.3 is 0 Å². The molecule has 10 heteroatoms. The standard InChI is InChI=1S/C22H19Cl2N6OS/c1-31-8-2-6-28-18-9-13(5-7-29-18)20-16(11-25)19(21(32-20)22(27)30-12-26)15-4-3-14(23)10-17(15)24/h3-5,7,9-10,12H,2,6,8H2,1H3,(H3-,26,27,28,29,30)/q-1. The highest BCUT2D eigenvalue weighted by Gasteiger charge is 2.23. The third kappa shape index (κ3) is 5.26. The number of methoxy groups -OCH3 is 1. The van der Waals surface area contributed by atoms with E-state index in [1.54, 1.807) is 31.5 Å². The zero-order valence-electron chi connectivity index (χ0n) is 17.1. The molecule has 3 rings (SSSR count). The molecule has 0 atom stereocenters. The van der Waals surface area contributed by atoms with Gasteiger partial charge < -0.3 is 26.2 Å². The summed E-state index contributed by atoms with van der Waals surface area (Å²) in [4.78, 5) is 9.34. The first-order valence-electron chi connectivity index (χ1n) is 9.51. The Morgan fingerprint density at radius 3 is 2.88 bits per heavy atom. The van der Waals surface area contributed by atoms with Crippen LogP contribution in [0.25, 0.3) is 27.0 Å². The summed E-state index contributed by atoms with van der Waals surface area (Å²) >= 11 is 13.8. The van der Waals surface area contributed by atoms with Gasteiger partial charge in [-0.1, -0.05) is 29.3 Å². The fourth-order valence-corrected chi connectivity index (χ4v) is 4.77. The average Bonchev–Trinajstić information content (AvgIpc) is 3.17. The van der Waals surface area contributed by atoms with Crippen LogP contribution >= 0.6 is 34.5 Å². The van der Waals surface area contributed by atoms with E-state index in [0.29, 0.717) is 61.8 Å². The molecule has 0 unspecified atom stereocenters. The molecule has 0 aliphatic heterocycles. The van der Waals surface area contributed by atoms with Gasteiger partial charge in [-0.2, -0.15) is 5.26 Å². The fraction of sp³-hybridized carbons (Fsp3) is 0.182. The second-order valence-electron chi connectivity index (χ2n) is 6.58. The number of halogens is 2. The lowest BCUT2D eigenvalue weighted by Crippen LogP contribution is -2.12. The smallest absolute Gasteiger partial charge is 0.126 e. The highest BCUT2D eigenvalue weighted by molar-refractivity contribution is 7.18. The van der Waals surface area contributed by atoms with Gasteiger partial charge in [0, 0.05) is 53.5 Å². The highest BCUT2D eigenvalue weighted by Crippen LogP contribution is 2.44. The number of rotatable bonds is 9. The van der Waals surface area contributed by atoms with Crippen molar-refractivity contribution in [1.82, 2.24) is 4.98 Å². The number of benzene rings is 1. The minimum Gasteiger partial charge on any atom is -0.472 e. The molecule has 0 aliphatic rings. The van der Waals surface area contributed by atoms with E-state index in [4.69, 9.17) is 39.1 Å². The second kappa shape index (κ2) is 11.1. The van der Waals surface area contributed by atoms with E-state index in [2.05, 4.69) is 21.4 Å². The summed E-state index contributed by atoms with van der Waals surface area (Å²) in [5, 5.41) is 23.3. The predicted octanol–water partition coefficient (Wildman–Crippen LogP) is 5.41. The van der Waals surface area contributed by atoms with Gasteiger partial charge in [0.05, 0.1) is 15.3 Å². The Morgan fingerprint density at radius 1 is 1.38 bits per heavy atom. The molecule has 0 spiro atoms. The molecular formula is C22H19Cl2N6OS-. The molecule has 3 N–H and O–H groups in total. The number of hydrogen-bond donors (Lipinski definition) is 2. The quantitative estimate of drug-likeness (QED) is 0.238. The van der Waals surface area contributed by atoms with E-state index in [1.807, 2.05) is 12.1 Å². The lowest BCUT2D eigenvalue weighted by atomic mass is 9.98. The summed E-state index contributed by atoms with van der Waals surface area (Å²) in [6.07, 6.45) is 3.11. The minimum absolute atomic E-state index is 0.0632. The fourth-order valence-electron chi connectivity index (χ4n) is 3.09. The monoisotopic (exact) mass is 485 g/mol. The number of aromatic nitrogens is 1. The van der Waals surface area contributed by atoms with Crippen LogP contribution < -0.4 is 11.1 Å². The Balaban J connectivity index is 2.15. The van der Waals surface area contributed by atoms with Crippen molar-refractivity contribution >= 4 is 52.5 Å². The second-order valence-corrected chi connectivity index (χ2v) is 8.44. The van der Waals surface area contributed by atoms with Crippen LogP contribution in [-0.2, 0) is 4.74 Å². The van der Waals surface area contributed by atoms with Gasteiger partial charge in [-0.25, -0.2) is 4.98 Å². The molecule has 2 heterocycles. The third-order valence-electron chi connectivity index (χ3n) is 4.50. The van der Waals surface area contributed by atoms with E-state index in [9.17, 15) is 5.26 Å². The molecule has 7 nitrogen and oxygen atoms in total. The van der Waals surface area contributed by atoms with Gasteiger partial charge in [0.25, 0.3) is 0 Å². The number of nitrogens with two attached hydrogens (primary N) is 1. The Kier molecular flexibility index (Phi) is 8.20. The maximum atomic E-state index is 10.1. The van der Waals surface area contributed by atoms with Crippen molar-refractivity contribution in [3.8, 4) is 27.6 Å². The van der Waals surface area contributed by atoms with Gasteiger partial charge in [-0.15, -0.1) is 17.7 Å². The van der Waals surface area contributed by atoms with Crippen molar-refractivity contribution in [2.45, 2.75) is 6.42 Å². The highest BCUT2D eigenvalue weighted by atomic mass is 35.5. The summed E-state index contributed by atoms with van der Waals surface area (Å²) in [5.41, 5.74) is 8.42. The van der Waals surface area contributed by atoms with Crippen molar-refractivity contribution in [1.29, 1.82) is 5.26 Å². The van der Waals surface area contributed by atoms with Crippen LogP contribution in [0.15, 0.2) is 41.5 Å². The van der Waals surface area contributed by atoms with Crippen LogP contribution in [0.2, 0.25) is 10.0 Å². The number of anilines is 1. The maximum Gasteiger partial charge on any atom is 0.126 e. The van der Waals surface area contributed by atoms with Gasteiger partial charge in [0.15, 0.2) is 0 Å². The number of thiophene rings is 1. The van der Waals surface area contributed by atoms with E-state index in [0.717, 1.165) is 12.0 Å². The molecule has 0 radical (unpaired) electrons. The third-order valence-corrected chi connectivity index (χ3v) is 6.31. The molecule has 164 valence electrons. The number of aliphatic imine (C=N–C) groups is 1. The van der Waals surface area contributed by atoms with Crippen LogP contribution in [0.4, 0.5) is 5.82 Å². The number of nitriles is 1. The first kappa shape index (κ1) is 23.7. The maximum absolute atomic E-state index is 10.1. The molecular weight excluding hydrogens is 467 g/mol. The van der Waals surface area contributed by atoms with E-state index in [-0.39, 0.29) is 5.84 Å². The van der Waals surface area contributed by atoms with E-state index >= 15 is 0 Å². The van der Waals surface area contributed by atoms with Crippen molar-refractivity contribution in [2.24, 2.45) is 10.7 Å². The first-order valence-corrected chi connectivity index (χ1v) is 11.1. The Labute approximate surface area is 200 Å². The topological polar surface area (TPSA) is 119 Å². The number of hydrogen-bond acceptors (Lipinski definition) is 5. The summed E-state index contributed by atoms with van der Waals surface area (Å²) in [6, 6.07) is 11.0. The molecule has 0 saturated carbocycles. The lowest BCUT2D eigenvalue weighted by Gasteiger charge is -2.09. The number of nitrogens with zero attached hydrogens (tertiary/aromatic N) is 4. The predicted molar refractivity (Wildman–Crippen MR) is 133 cm³/mol. The Bertz CT molecular complexity index is 1200.